The van der Waals surface area contributed by atoms with Crippen molar-refractivity contribution in [1.29, 1.82) is 0 Å². The number of nitrogens with zero attached hydrogens (tertiary/aromatic N) is 2. The number of aromatic nitrogens is 2. The standard InChI is InChI=1S/C16H14BN3O4/c18-14-8-19-20-15-6-10(3-4-12(14)15)9-1-2-11(7-16(21)22)13(5-9)17(23)24/h1-6,8,23-24H,7H2,(H2,18,20)(H,21,22). The molecule has 8 heteroatoms. The van der Waals surface area contributed by atoms with Crippen LogP contribution in [0.5, 0.6) is 0 Å². The third-order valence-corrected chi connectivity index (χ3v) is 3.77. The second kappa shape index (κ2) is 6.27. The van der Waals surface area contributed by atoms with Gasteiger partial charge in [0.1, 0.15) is 0 Å². The van der Waals surface area contributed by atoms with Gasteiger partial charge in [-0.2, -0.15) is 10.2 Å². The maximum atomic E-state index is 10.9. The summed E-state index contributed by atoms with van der Waals surface area (Å²) in [7, 11) is -1.75. The molecule has 1 aromatic heterocycles. The number of hydrogen-bond acceptors (Lipinski definition) is 6. The van der Waals surface area contributed by atoms with E-state index in [2.05, 4.69) is 10.2 Å². The number of rotatable bonds is 4. The summed E-state index contributed by atoms with van der Waals surface area (Å²) in [5, 5.41) is 36.6. The zero-order chi connectivity index (χ0) is 17.3. The summed E-state index contributed by atoms with van der Waals surface area (Å²) < 4.78 is 0. The van der Waals surface area contributed by atoms with Crippen molar-refractivity contribution in [3.05, 3.63) is 48.2 Å². The van der Waals surface area contributed by atoms with Gasteiger partial charge in [0.15, 0.2) is 0 Å². The molecule has 0 saturated heterocycles. The first-order valence-electron chi connectivity index (χ1n) is 7.18. The van der Waals surface area contributed by atoms with E-state index in [0.717, 1.165) is 10.9 Å². The summed E-state index contributed by atoms with van der Waals surface area (Å²) in [5.74, 6) is -1.04. The number of carboxylic acid groups (broad SMARTS) is 1. The predicted octanol–water partition coefficient (Wildman–Crippen LogP) is 0.186. The molecule has 1 heterocycles. The van der Waals surface area contributed by atoms with Crippen molar-refractivity contribution in [2.75, 3.05) is 5.73 Å². The number of carboxylic acids is 1. The molecule has 0 aliphatic rings. The molecule has 0 aliphatic heterocycles. The maximum Gasteiger partial charge on any atom is 0.488 e. The zero-order valence-corrected chi connectivity index (χ0v) is 12.5. The summed E-state index contributed by atoms with van der Waals surface area (Å²) in [5.41, 5.74) is 9.00. The molecule has 0 bridgehead atoms. The Hall–Kier alpha value is -2.97. The first-order chi connectivity index (χ1) is 11.5. The van der Waals surface area contributed by atoms with E-state index in [1.807, 2.05) is 12.1 Å². The molecule has 120 valence electrons. The highest BCUT2D eigenvalue weighted by Crippen LogP contribution is 2.25. The predicted molar refractivity (Wildman–Crippen MR) is 90.6 cm³/mol. The molecular formula is C16H14BN3O4. The van der Waals surface area contributed by atoms with Crippen LogP contribution in [0.3, 0.4) is 0 Å². The summed E-state index contributed by atoms with van der Waals surface area (Å²) in [4.78, 5) is 10.9. The van der Waals surface area contributed by atoms with Crippen LogP contribution in [0.1, 0.15) is 5.56 Å². The van der Waals surface area contributed by atoms with Gasteiger partial charge in [-0.15, -0.1) is 0 Å². The van der Waals surface area contributed by atoms with Gasteiger partial charge in [-0.1, -0.05) is 24.3 Å². The Bertz CT molecular complexity index is 930. The van der Waals surface area contributed by atoms with E-state index in [1.165, 1.54) is 6.20 Å². The highest BCUT2D eigenvalue weighted by atomic mass is 16.4. The lowest BCUT2D eigenvalue weighted by Crippen LogP contribution is -2.34. The van der Waals surface area contributed by atoms with Crippen molar-refractivity contribution in [2.24, 2.45) is 0 Å². The molecule has 7 nitrogen and oxygen atoms in total. The quantitative estimate of drug-likeness (QED) is 0.504. The van der Waals surface area contributed by atoms with E-state index in [0.29, 0.717) is 22.3 Å². The van der Waals surface area contributed by atoms with Crippen LogP contribution in [0.4, 0.5) is 5.69 Å². The molecule has 0 amide bonds. The molecule has 0 fully saturated rings. The molecule has 2 aromatic carbocycles. The van der Waals surface area contributed by atoms with E-state index in [1.54, 1.807) is 24.3 Å². The van der Waals surface area contributed by atoms with Gasteiger partial charge in [-0.05, 0) is 34.3 Å². The SMILES string of the molecule is Nc1cnnc2cc(-c3ccc(CC(=O)O)c(B(O)O)c3)ccc12. The normalized spacial score (nSPS) is 10.8. The van der Waals surface area contributed by atoms with Crippen LogP contribution in [-0.4, -0.2) is 38.4 Å². The van der Waals surface area contributed by atoms with Crippen LogP contribution < -0.4 is 11.2 Å². The second-order valence-corrected chi connectivity index (χ2v) is 5.39. The van der Waals surface area contributed by atoms with Gasteiger partial charge in [0.25, 0.3) is 0 Å². The summed E-state index contributed by atoms with van der Waals surface area (Å²) in [6.07, 6.45) is 1.19. The lowest BCUT2D eigenvalue weighted by molar-refractivity contribution is -0.136. The second-order valence-electron chi connectivity index (χ2n) is 5.39. The van der Waals surface area contributed by atoms with Crippen molar-refractivity contribution in [3.8, 4) is 11.1 Å². The van der Waals surface area contributed by atoms with Crippen LogP contribution >= 0.6 is 0 Å². The van der Waals surface area contributed by atoms with E-state index < -0.39 is 13.1 Å². The monoisotopic (exact) mass is 323 g/mol. The molecular weight excluding hydrogens is 309 g/mol. The van der Waals surface area contributed by atoms with Gasteiger partial charge in [-0.3, -0.25) is 4.79 Å². The summed E-state index contributed by atoms with van der Waals surface area (Å²) in [6.45, 7) is 0. The molecule has 24 heavy (non-hydrogen) atoms. The van der Waals surface area contributed by atoms with Crippen molar-refractivity contribution in [2.45, 2.75) is 6.42 Å². The topological polar surface area (TPSA) is 130 Å². The van der Waals surface area contributed by atoms with Crippen LogP contribution in [0.25, 0.3) is 22.0 Å². The smallest absolute Gasteiger partial charge is 0.481 e. The number of benzene rings is 2. The lowest BCUT2D eigenvalue weighted by atomic mass is 9.75. The number of carbonyl (C=O) groups is 1. The summed E-state index contributed by atoms with van der Waals surface area (Å²) in [6, 6.07) is 10.3. The minimum Gasteiger partial charge on any atom is -0.481 e. The molecule has 0 radical (unpaired) electrons. The Labute approximate surface area is 137 Å². The van der Waals surface area contributed by atoms with Gasteiger partial charge in [-0.25, -0.2) is 0 Å². The van der Waals surface area contributed by atoms with E-state index >= 15 is 0 Å². The number of nitrogen functional groups attached to an aromatic ring is 1. The fourth-order valence-electron chi connectivity index (χ4n) is 2.60. The molecule has 0 aliphatic carbocycles. The minimum absolute atomic E-state index is 0.161. The third-order valence-electron chi connectivity index (χ3n) is 3.77. The Morgan fingerprint density at radius 2 is 1.83 bits per heavy atom. The van der Waals surface area contributed by atoms with Crippen LogP contribution in [0.2, 0.25) is 0 Å². The number of fused-ring (bicyclic) bond motifs is 1. The highest BCUT2D eigenvalue weighted by molar-refractivity contribution is 6.59. The number of aliphatic carboxylic acids is 1. The van der Waals surface area contributed by atoms with Gasteiger partial charge in [0, 0.05) is 5.39 Å². The van der Waals surface area contributed by atoms with Crippen LogP contribution in [-0.2, 0) is 11.2 Å². The summed E-state index contributed by atoms with van der Waals surface area (Å²) >= 11 is 0. The Kier molecular flexibility index (Phi) is 4.16. The number of anilines is 1. The fraction of sp³-hybridized carbons (Fsp3) is 0.0625. The molecule has 0 unspecified atom stereocenters. The zero-order valence-electron chi connectivity index (χ0n) is 12.5. The van der Waals surface area contributed by atoms with Crippen molar-refractivity contribution >= 4 is 35.1 Å². The number of nitrogens with two attached hydrogens (primary N) is 1. The van der Waals surface area contributed by atoms with Gasteiger partial charge in [0.05, 0.1) is 23.8 Å². The minimum atomic E-state index is -1.75. The fourth-order valence-corrected chi connectivity index (χ4v) is 2.60. The first-order valence-corrected chi connectivity index (χ1v) is 7.18. The van der Waals surface area contributed by atoms with E-state index in [-0.39, 0.29) is 11.9 Å². The average molecular weight is 323 g/mol. The maximum absolute atomic E-state index is 10.9. The largest absolute Gasteiger partial charge is 0.488 e. The van der Waals surface area contributed by atoms with Gasteiger partial charge >= 0.3 is 13.1 Å². The van der Waals surface area contributed by atoms with Crippen LogP contribution in [0, 0.1) is 0 Å². The average Bonchev–Trinajstić information content (AvgIpc) is 2.54. The van der Waals surface area contributed by atoms with Gasteiger partial charge in [0.2, 0.25) is 0 Å². The van der Waals surface area contributed by atoms with E-state index in [9.17, 15) is 14.8 Å². The first kappa shape index (κ1) is 15.9. The molecule has 3 rings (SSSR count). The Morgan fingerprint density at radius 1 is 1.12 bits per heavy atom. The van der Waals surface area contributed by atoms with Gasteiger partial charge < -0.3 is 20.9 Å². The highest BCUT2D eigenvalue weighted by Gasteiger charge is 2.18. The Morgan fingerprint density at radius 3 is 2.54 bits per heavy atom. The van der Waals surface area contributed by atoms with E-state index in [4.69, 9.17) is 10.8 Å². The van der Waals surface area contributed by atoms with Crippen molar-refractivity contribution < 1.29 is 19.9 Å². The van der Waals surface area contributed by atoms with Crippen LogP contribution in [0.15, 0.2) is 42.6 Å². The van der Waals surface area contributed by atoms with Crippen molar-refractivity contribution in [3.63, 3.8) is 0 Å². The third kappa shape index (κ3) is 3.05. The number of hydrogen-bond donors (Lipinski definition) is 4. The molecule has 0 spiro atoms. The molecule has 0 atom stereocenters. The molecule has 0 saturated carbocycles. The van der Waals surface area contributed by atoms with Crippen molar-refractivity contribution in [1.82, 2.24) is 10.2 Å². The molecule has 3 aromatic rings. The Balaban J connectivity index is 2.09. The molecule has 5 N–H and O–H groups in total. The lowest BCUT2D eigenvalue weighted by Gasteiger charge is -2.11.